The molecule has 37 heavy (non-hydrogen) atoms. The minimum atomic E-state index is -0.638. The smallest absolute Gasteiger partial charge is 0.414 e. The number of fused-ring (bicyclic) bond motifs is 1. The van der Waals surface area contributed by atoms with E-state index in [4.69, 9.17) is 14.2 Å². The summed E-state index contributed by atoms with van der Waals surface area (Å²) in [6.45, 7) is 1.97. The van der Waals surface area contributed by atoms with E-state index in [0.717, 1.165) is 0 Å². The largest absolute Gasteiger partial charge is 0.455 e. The van der Waals surface area contributed by atoms with Gasteiger partial charge < -0.3 is 29.6 Å². The number of nitrogens with zero attached hydrogens (tertiary/aromatic N) is 6. The molecular formula is C22H20FN7O7. The van der Waals surface area contributed by atoms with Crippen molar-refractivity contribution in [3.05, 3.63) is 52.6 Å². The highest BCUT2D eigenvalue weighted by atomic mass is 19.1. The molecule has 1 saturated heterocycles. The number of carbonyl (C=O) groups is 2. The SMILES string of the molecule is CC(=O)NCC1CN(c2ccc(-c3ccnc(OC4COc5nc([N+](=O)[O-])cn5C4)n3)c(F)c2)C(=O)O1. The number of rotatable bonds is 7. The summed E-state index contributed by atoms with van der Waals surface area (Å²) < 4.78 is 32.9. The number of nitrogens with one attached hydrogen (secondary N) is 1. The molecule has 0 spiro atoms. The van der Waals surface area contributed by atoms with Crippen LogP contribution in [0.25, 0.3) is 11.3 Å². The number of anilines is 1. The number of aromatic nitrogens is 4. The molecule has 1 N–H and O–H groups in total. The molecule has 2 aliphatic heterocycles. The van der Waals surface area contributed by atoms with Gasteiger partial charge in [0.1, 0.15) is 24.7 Å². The number of nitro groups is 1. The maximum atomic E-state index is 15.1. The van der Waals surface area contributed by atoms with Crippen molar-refractivity contribution < 1.29 is 33.1 Å². The molecular weight excluding hydrogens is 493 g/mol. The molecule has 0 bridgehead atoms. The second-order valence-electron chi connectivity index (χ2n) is 8.28. The molecule has 192 valence electrons. The van der Waals surface area contributed by atoms with Crippen LogP contribution in [0.3, 0.4) is 0 Å². The van der Waals surface area contributed by atoms with E-state index in [1.54, 1.807) is 6.07 Å². The Labute approximate surface area is 208 Å². The molecule has 2 amide bonds. The van der Waals surface area contributed by atoms with Gasteiger partial charge >= 0.3 is 23.9 Å². The van der Waals surface area contributed by atoms with Crippen LogP contribution in [0.4, 0.5) is 20.7 Å². The summed E-state index contributed by atoms with van der Waals surface area (Å²) in [5.41, 5.74) is 0.703. The topological polar surface area (TPSA) is 164 Å². The van der Waals surface area contributed by atoms with Crippen molar-refractivity contribution in [3.8, 4) is 23.3 Å². The second kappa shape index (κ2) is 9.67. The van der Waals surface area contributed by atoms with Crippen LogP contribution in [0.2, 0.25) is 0 Å². The Bertz CT molecular complexity index is 1380. The third-order valence-electron chi connectivity index (χ3n) is 5.61. The minimum absolute atomic E-state index is 0.0309. The van der Waals surface area contributed by atoms with Crippen molar-refractivity contribution in [2.75, 3.05) is 24.6 Å². The predicted molar refractivity (Wildman–Crippen MR) is 123 cm³/mol. The number of ether oxygens (including phenoxy) is 3. The summed E-state index contributed by atoms with van der Waals surface area (Å²) in [6.07, 6.45) is 0.912. The fourth-order valence-corrected chi connectivity index (χ4v) is 3.90. The van der Waals surface area contributed by atoms with E-state index in [0.29, 0.717) is 5.69 Å². The highest BCUT2D eigenvalue weighted by Crippen LogP contribution is 2.29. The van der Waals surface area contributed by atoms with Gasteiger partial charge in [-0.3, -0.25) is 14.3 Å². The van der Waals surface area contributed by atoms with Gasteiger partial charge in [-0.05, 0) is 29.2 Å². The molecule has 2 atom stereocenters. The first-order valence-corrected chi connectivity index (χ1v) is 11.1. The van der Waals surface area contributed by atoms with Crippen molar-refractivity contribution in [3.63, 3.8) is 0 Å². The third kappa shape index (κ3) is 5.10. The Morgan fingerprint density at radius 2 is 2.16 bits per heavy atom. The molecule has 3 aromatic rings. The van der Waals surface area contributed by atoms with Gasteiger partial charge in [0.05, 0.1) is 31.0 Å². The standard InChI is InChI=1S/C22H20FN7O7/c1-12(31)25-7-14-9-29(22(32)37-14)13-2-3-16(17(23)6-13)18-4-5-24-20(26-18)36-15-8-28-10-19(30(33)34)27-21(28)35-11-15/h2-6,10,14-15H,7-9,11H2,1H3,(H,25,31). The first kappa shape index (κ1) is 23.9. The van der Waals surface area contributed by atoms with Crippen LogP contribution in [0, 0.1) is 15.9 Å². The van der Waals surface area contributed by atoms with E-state index in [1.165, 1.54) is 47.0 Å². The summed E-state index contributed by atoms with van der Waals surface area (Å²) in [5, 5.41) is 13.5. The Hall–Kier alpha value is -4.82. The number of hydrogen-bond donors (Lipinski definition) is 1. The highest BCUT2D eigenvalue weighted by molar-refractivity contribution is 5.90. The monoisotopic (exact) mass is 513 g/mol. The van der Waals surface area contributed by atoms with Gasteiger partial charge in [-0.2, -0.15) is 4.98 Å². The zero-order valence-corrected chi connectivity index (χ0v) is 19.4. The molecule has 0 aliphatic carbocycles. The molecule has 5 rings (SSSR count). The number of amides is 2. The van der Waals surface area contributed by atoms with Gasteiger partial charge in [0.25, 0.3) is 0 Å². The van der Waals surface area contributed by atoms with Crippen molar-refractivity contribution >= 4 is 23.5 Å². The molecule has 1 aromatic carbocycles. The average Bonchev–Trinajstić information content (AvgIpc) is 3.46. The van der Waals surface area contributed by atoms with Gasteiger partial charge in [-0.1, -0.05) is 0 Å². The molecule has 1 fully saturated rings. The lowest BCUT2D eigenvalue weighted by atomic mass is 10.1. The van der Waals surface area contributed by atoms with Crippen LogP contribution in [0.15, 0.2) is 36.7 Å². The first-order valence-electron chi connectivity index (χ1n) is 11.1. The third-order valence-corrected chi connectivity index (χ3v) is 5.61. The number of carbonyl (C=O) groups excluding carboxylic acids is 2. The maximum Gasteiger partial charge on any atom is 0.414 e. The van der Waals surface area contributed by atoms with Crippen molar-refractivity contribution in [2.45, 2.75) is 25.7 Å². The lowest BCUT2D eigenvalue weighted by molar-refractivity contribution is -0.389. The molecule has 15 heteroatoms. The summed E-state index contributed by atoms with van der Waals surface area (Å²) in [7, 11) is 0. The van der Waals surface area contributed by atoms with E-state index in [2.05, 4.69) is 20.3 Å². The van der Waals surface area contributed by atoms with Crippen molar-refractivity contribution in [2.24, 2.45) is 0 Å². The summed E-state index contributed by atoms with van der Waals surface area (Å²) in [4.78, 5) is 47.0. The number of benzene rings is 1. The molecule has 0 saturated carbocycles. The van der Waals surface area contributed by atoms with Crippen LogP contribution < -0.4 is 19.7 Å². The van der Waals surface area contributed by atoms with E-state index in [9.17, 15) is 19.7 Å². The Kier molecular flexibility index (Phi) is 6.25. The molecule has 14 nitrogen and oxygen atoms in total. The van der Waals surface area contributed by atoms with E-state index in [1.807, 2.05) is 0 Å². The summed E-state index contributed by atoms with van der Waals surface area (Å²) in [6, 6.07) is 5.83. The quantitative estimate of drug-likeness (QED) is 0.363. The Balaban J connectivity index is 1.27. The Morgan fingerprint density at radius 3 is 2.92 bits per heavy atom. The van der Waals surface area contributed by atoms with Crippen LogP contribution >= 0.6 is 0 Å². The van der Waals surface area contributed by atoms with Crippen LogP contribution in [-0.2, 0) is 16.1 Å². The fourth-order valence-electron chi connectivity index (χ4n) is 3.90. The van der Waals surface area contributed by atoms with Crippen molar-refractivity contribution in [1.29, 1.82) is 0 Å². The van der Waals surface area contributed by atoms with Gasteiger partial charge in [-0.15, -0.1) is 0 Å². The summed E-state index contributed by atoms with van der Waals surface area (Å²) in [5.74, 6) is -1.21. The Morgan fingerprint density at radius 1 is 1.32 bits per heavy atom. The number of cyclic esters (lactones) is 1. The predicted octanol–water partition coefficient (Wildman–Crippen LogP) is 1.69. The van der Waals surface area contributed by atoms with Gasteiger partial charge in [0.15, 0.2) is 6.10 Å². The molecule has 2 aromatic heterocycles. The van der Waals surface area contributed by atoms with Crippen LogP contribution in [0.1, 0.15) is 6.92 Å². The normalized spacial score (nSPS) is 18.5. The molecule has 2 aliphatic rings. The minimum Gasteiger partial charge on any atom is -0.455 e. The zero-order chi connectivity index (χ0) is 26.1. The maximum absolute atomic E-state index is 15.1. The number of halogens is 1. The van der Waals surface area contributed by atoms with E-state index in [-0.39, 0.29) is 61.2 Å². The van der Waals surface area contributed by atoms with Gasteiger partial charge in [0, 0.05) is 23.7 Å². The average molecular weight is 513 g/mol. The first-order chi connectivity index (χ1) is 17.8. The van der Waals surface area contributed by atoms with Crippen LogP contribution in [0.5, 0.6) is 12.0 Å². The van der Waals surface area contributed by atoms with Crippen molar-refractivity contribution in [1.82, 2.24) is 24.8 Å². The summed E-state index contributed by atoms with van der Waals surface area (Å²) >= 11 is 0. The fraction of sp³-hybridized carbons (Fsp3) is 0.318. The number of imidazole rings is 1. The van der Waals surface area contributed by atoms with Gasteiger partial charge in [0.2, 0.25) is 5.91 Å². The molecule has 4 heterocycles. The lowest BCUT2D eigenvalue weighted by Crippen LogP contribution is -2.34. The van der Waals surface area contributed by atoms with Crippen LogP contribution in [-0.4, -0.2) is 68.3 Å². The highest BCUT2D eigenvalue weighted by Gasteiger charge is 2.33. The van der Waals surface area contributed by atoms with E-state index < -0.39 is 29.0 Å². The van der Waals surface area contributed by atoms with E-state index >= 15 is 4.39 Å². The zero-order valence-electron chi connectivity index (χ0n) is 19.4. The number of hydrogen-bond acceptors (Lipinski definition) is 10. The molecule has 2 unspecified atom stereocenters. The lowest BCUT2D eigenvalue weighted by Gasteiger charge is -2.22. The van der Waals surface area contributed by atoms with Gasteiger partial charge in [-0.25, -0.2) is 14.2 Å². The second-order valence-corrected chi connectivity index (χ2v) is 8.28. The molecule has 0 radical (unpaired) electrons.